The molecule has 0 radical (unpaired) electrons. The highest BCUT2D eigenvalue weighted by atomic mass is 35.5. The predicted octanol–water partition coefficient (Wildman–Crippen LogP) is 2.46. The lowest BCUT2D eigenvalue weighted by atomic mass is 9.99. The second-order valence-corrected chi connectivity index (χ2v) is 7.59. The molecule has 2 aliphatic heterocycles. The van der Waals surface area contributed by atoms with E-state index in [1.54, 1.807) is 0 Å². The first-order chi connectivity index (χ1) is 11.2. The minimum atomic E-state index is 0.0168. The average Bonchev–Trinajstić information content (AvgIpc) is 3.29. The molecule has 1 N–H and O–H groups in total. The van der Waals surface area contributed by atoms with Crippen molar-refractivity contribution in [3.63, 3.8) is 0 Å². The van der Waals surface area contributed by atoms with E-state index in [0.717, 1.165) is 43.5 Å². The first-order valence-corrected chi connectivity index (χ1v) is 8.95. The van der Waals surface area contributed by atoms with Gasteiger partial charge in [0.25, 0.3) is 0 Å². The molecule has 1 amide bonds. The summed E-state index contributed by atoms with van der Waals surface area (Å²) in [6.07, 6.45) is 3.60. The molecule has 4 rings (SSSR count). The Hall–Kier alpha value is -1.10. The summed E-state index contributed by atoms with van der Waals surface area (Å²) >= 11 is 6.07. The number of carbonyl (C=O) groups excluding carboxylic acids is 1. The van der Waals surface area contributed by atoms with E-state index in [2.05, 4.69) is 16.3 Å². The number of nitrogens with zero attached hydrogens (tertiary/aromatic N) is 1. The van der Waals surface area contributed by atoms with Crippen LogP contribution < -0.4 is 5.32 Å². The molecule has 1 aliphatic carbocycles. The second-order valence-electron chi connectivity index (χ2n) is 7.15. The number of likely N-dealkylation sites (tertiary alicyclic amines) is 1. The first-order valence-electron chi connectivity index (χ1n) is 8.57. The van der Waals surface area contributed by atoms with Crippen LogP contribution in [0.1, 0.15) is 24.8 Å². The van der Waals surface area contributed by atoms with Crippen LogP contribution in [0.3, 0.4) is 0 Å². The topological polar surface area (TPSA) is 41.6 Å². The number of hydrogen-bond acceptors (Lipinski definition) is 3. The number of morpholine rings is 1. The van der Waals surface area contributed by atoms with Crippen LogP contribution in [0.5, 0.6) is 0 Å². The molecule has 1 saturated carbocycles. The molecule has 124 valence electrons. The van der Waals surface area contributed by atoms with E-state index in [0.29, 0.717) is 0 Å². The SMILES string of the molecule is O=C(NCC1CC1)[C@@H]1C[C@H]2CN(Cc3cccc(Cl)c3)C[C@H]1O2. The summed E-state index contributed by atoms with van der Waals surface area (Å²) in [5, 5.41) is 3.89. The molecule has 0 aromatic heterocycles. The Morgan fingerprint density at radius 1 is 1.35 bits per heavy atom. The average molecular weight is 335 g/mol. The van der Waals surface area contributed by atoms with Gasteiger partial charge in [-0.05, 0) is 42.9 Å². The van der Waals surface area contributed by atoms with Gasteiger partial charge in [-0.3, -0.25) is 9.69 Å². The number of rotatable bonds is 5. The molecule has 1 aromatic carbocycles. The highest BCUT2D eigenvalue weighted by molar-refractivity contribution is 6.30. The lowest BCUT2D eigenvalue weighted by Gasteiger charge is -2.32. The van der Waals surface area contributed by atoms with E-state index >= 15 is 0 Å². The van der Waals surface area contributed by atoms with E-state index in [1.165, 1.54) is 18.4 Å². The molecule has 2 bridgehead atoms. The van der Waals surface area contributed by atoms with Crippen LogP contribution in [0.15, 0.2) is 24.3 Å². The Kier molecular flexibility index (Phi) is 4.31. The number of halogens is 1. The zero-order valence-corrected chi connectivity index (χ0v) is 14.0. The van der Waals surface area contributed by atoms with Crippen molar-refractivity contribution in [1.82, 2.24) is 10.2 Å². The van der Waals surface area contributed by atoms with Gasteiger partial charge in [-0.1, -0.05) is 23.7 Å². The van der Waals surface area contributed by atoms with Gasteiger partial charge < -0.3 is 10.1 Å². The van der Waals surface area contributed by atoms with Gasteiger partial charge >= 0.3 is 0 Å². The maximum Gasteiger partial charge on any atom is 0.225 e. The molecule has 3 fully saturated rings. The standard InChI is InChI=1S/C18H23ClN2O2/c19-14-3-1-2-13(6-14)9-21-10-15-7-16(17(11-21)23-15)18(22)20-8-12-4-5-12/h1-3,6,12,15-17H,4-5,7-11H2,(H,20,22)/t15-,16+,17+/m0/s1. The van der Waals surface area contributed by atoms with E-state index in [9.17, 15) is 4.79 Å². The summed E-state index contributed by atoms with van der Waals surface area (Å²) in [6, 6.07) is 8.00. The maximum absolute atomic E-state index is 12.4. The van der Waals surface area contributed by atoms with E-state index in [4.69, 9.17) is 16.3 Å². The Morgan fingerprint density at radius 2 is 2.22 bits per heavy atom. The fourth-order valence-corrected chi connectivity index (χ4v) is 3.95. The smallest absolute Gasteiger partial charge is 0.225 e. The molecule has 4 nitrogen and oxygen atoms in total. The van der Waals surface area contributed by atoms with Crippen LogP contribution >= 0.6 is 11.6 Å². The van der Waals surface area contributed by atoms with E-state index in [1.807, 2.05) is 18.2 Å². The van der Waals surface area contributed by atoms with Gasteiger partial charge in [-0.25, -0.2) is 0 Å². The van der Waals surface area contributed by atoms with E-state index < -0.39 is 0 Å². The minimum Gasteiger partial charge on any atom is -0.371 e. The van der Waals surface area contributed by atoms with Gasteiger partial charge in [0.05, 0.1) is 18.1 Å². The van der Waals surface area contributed by atoms with Crippen molar-refractivity contribution in [1.29, 1.82) is 0 Å². The van der Waals surface area contributed by atoms with Crippen molar-refractivity contribution in [2.24, 2.45) is 11.8 Å². The second kappa shape index (κ2) is 6.42. The number of nitrogens with one attached hydrogen (secondary N) is 1. The van der Waals surface area contributed by atoms with Crippen molar-refractivity contribution in [2.45, 2.75) is 38.0 Å². The van der Waals surface area contributed by atoms with E-state index in [-0.39, 0.29) is 24.0 Å². The van der Waals surface area contributed by atoms with Crippen LogP contribution in [0.2, 0.25) is 5.02 Å². The van der Waals surface area contributed by atoms with Crippen LogP contribution in [-0.4, -0.2) is 42.6 Å². The zero-order chi connectivity index (χ0) is 15.8. The van der Waals surface area contributed by atoms with Gasteiger partial charge in [0.15, 0.2) is 0 Å². The van der Waals surface area contributed by atoms with Crippen molar-refractivity contribution < 1.29 is 9.53 Å². The number of carbonyl (C=O) groups is 1. The van der Waals surface area contributed by atoms with Crippen LogP contribution in [-0.2, 0) is 16.1 Å². The van der Waals surface area contributed by atoms with Gasteiger partial charge in [0.2, 0.25) is 5.91 Å². The molecular formula is C18H23ClN2O2. The molecule has 0 spiro atoms. The summed E-state index contributed by atoms with van der Waals surface area (Å²) in [5.41, 5.74) is 1.22. The first kappa shape index (κ1) is 15.4. The van der Waals surface area contributed by atoms with Gasteiger partial charge in [-0.15, -0.1) is 0 Å². The number of fused-ring (bicyclic) bond motifs is 2. The fraction of sp³-hybridized carbons (Fsp3) is 0.611. The molecule has 5 heteroatoms. The molecule has 3 atom stereocenters. The summed E-state index contributed by atoms with van der Waals surface area (Å²) in [5.74, 6) is 0.928. The fourth-order valence-electron chi connectivity index (χ4n) is 3.73. The Balaban J connectivity index is 1.35. The van der Waals surface area contributed by atoms with Crippen molar-refractivity contribution in [2.75, 3.05) is 19.6 Å². The van der Waals surface area contributed by atoms with Crippen LogP contribution in [0.4, 0.5) is 0 Å². The Bertz CT molecular complexity index is 590. The Morgan fingerprint density at radius 3 is 3.00 bits per heavy atom. The van der Waals surface area contributed by atoms with Crippen LogP contribution in [0.25, 0.3) is 0 Å². The minimum absolute atomic E-state index is 0.0168. The molecule has 3 aliphatic rings. The number of ether oxygens (including phenoxy) is 1. The third kappa shape index (κ3) is 3.70. The summed E-state index contributed by atoms with van der Waals surface area (Å²) in [7, 11) is 0. The predicted molar refractivity (Wildman–Crippen MR) is 89.2 cm³/mol. The summed E-state index contributed by atoms with van der Waals surface area (Å²) in [6.45, 7) is 3.44. The molecule has 2 heterocycles. The van der Waals surface area contributed by atoms with Crippen molar-refractivity contribution in [3.8, 4) is 0 Å². The van der Waals surface area contributed by atoms with Gasteiger partial charge in [0.1, 0.15) is 0 Å². The largest absolute Gasteiger partial charge is 0.371 e. The van der Waals surface area contributed by atoms with Crippen LogP contribution in [0, 0.1) is 11.8 Å². The number of amides is 1. The van der Waals surface area contributed by atoms with Crippen molar-refractivity contribution in [3.05, 3.63) is 34.9 Å². The number of hydrogen-bond donors (Lipinski definition) is 1. The Labute approximate surface area is 142 Å². The monoisotopic (exact) mass is 334 g/mol. The van der Waals surface area contributed by atoms with Gasteiger partial charge in [-0.2, -0.15) is 0 Å². The third-order valence-corrected chi connectivity index (χ3v) is 5.36. The number of benzene rings is 1. The maximum atomic E-state index is 12.4. The molecular weight excluding hydrogens is 312 g/mol. The molecule has 0 unspecified atom stereocenters. The normalized spacial score (nSPS) is 30.4. The third-order valence-electron chi connectivity index (χ3n) is 5.13. The van der Waals surface area contributed by atoms with Gasteiger partial charge in [0, 0.05) is 31.2 Å². The quantitative estimate of drug-likeness (QED) is 0.899. The summed E-state index contributed by atoms with van der Waals surface area (Å²) < 4.78 is 6.02. The summed E-state index contributed by atoms with van der Waals surface area (Å²) in [4.78, 5) is 14.8. The highest BCUT2D eigenvalue weighted by Gasteiger charge is 2.44. The van der Waals surface area contributed by atoms with Crippen molar-refractivity contribution >= 4 is 17.5 Å². The lowest BCUT2D eigenvalue weighted by Crippen LogP contribution is -2.45. The molecule has 2 saturated heterocycles. The zero-order valence-electron chi connectivity index (χ0n) is 13.2. The molecule has 1 aromatic rings. The highest BCUT2D eigenvalue weighted by Crippen LogP contribution is 2.33. The molecule has 23 heavy (non-hydrogen) atoms. The lowest BCUT2D eigenvalue weighted by molar-refractivity contribution is -0.128.